The number of methoxy groups -OCH3 is 1. The Morgan fingerprint density at radius 2 is 2.42 bits per heavy atom. The van der Waals surface area contributed by atoms with E-state index in [2.05, 4.69) is 29.0 Å². The Kier molecular flexibility index (Phi) is 5.60. The van der Waals surface area contributed by atoms with Crippen LogP contribution in [0.5, 0.6) is 0 Å². The van der Waals surface area contributed by atoms with Crippen molar-refractivity contribution in [2.75, 3.05) is 38.3 Å². The maximum absolute atomic E-state index is 5.24. The standard InChI is InChI=1S/C14H25N3OS/c1-11(2)6-15-7-13-8-16-14(19-13)17-5-4-12(9-17)10-18-3/h8,11-12,15H,4-7,9-10H2,1-3H3. The first-order chi connectivity index (χ1) is 9.19. The molecule has 0 spiro atoms. The van der Waals surface area contributed by atoms with Gasteiger partial charge >= 0.3 is 0 Å². The van der Waals surface area contributed by atoms with Crippen LogP contribution in [0.4, 0.5) is 5.13 Å². The second-order valence-corrected chi connectivity index (χ2v) is 6.78. The van der Waals surface area contributed by atoms with Gasteiger partial charge in [-0.25, -0.2) is 4.98 Å². The van der Waals surface area contributed by atoms with Gasteiger partial charge in [0.2, 0.25) is 0 Å². The molecule has 0 aromatic carbocycles. The lowest BCUT2D eigenvalue weighted by Crippen LogP contribution is -2.20. The van der Waals surface area contributed by atoms with E-state index in [1.54, 1.807) is 7.11 Å². The van der Waals surface area contributed by atoms with Crippen LogP contribution in [-0.2, 0) is 11.3 Å². The van der Waals surface area contributed by atoms with Gasteiger partial charge in [0.1, 0.15) is 0 Å². The summed E-state index contributed by atoms with van der Waals surface area (Å²) < 4.78 is 5.24. The fourth-order valence-corrected chi connectivity index (χ4v) is 3.30. The largest absolute Gasteiger partial charge is 0.384 e. The van der Waals surface area contributed by atoms with Gasteiger partial charge in [0.05, 0.1) is 6.61 Å². The Hall–Kier alpha value is -0.650. The van der Waals surface area contributed by atoms with Gasteiger partial charge in [0.25, 0.3) is 0 Å². The van der Waals surface area contributed by atoms with Gasteiger partial charge in [-0.2, -0.15) is 0 Å². The van der Waals surface area contributed by atoms with Crippen LogP contribution in [-0.4, -0.2) is 38.3 Å². The average molecular weight is 283 g/mol. The van der Waals surface area contributed by atoms with Crippen LogP contribution in [0.25, 0.3) is 0 Å². The molecule has 1 aromatic rings. The van der Waals surface area contributed by atoms with Crippen molar-refractivity contribution in [1.29, 1.82) is 0 Å². The summed E-state index contributed by atoms with van der Waals surface area (Å²) in [5, 5.41) is 4.63. The Morgan fingerprint density at radius 1 is 1.58 bits per heavy atom. The van der Waals surface area contributed by atoms with Crippen LogP contribution >= 0.6 is 11.3 Å². The first-order valence-electron chi connectivity index (χ1n) is 7.08. The van der Waals surface area contributed by atoms with E-state index in [0.29, 0.717) is 11.8 Å². The summed E-state index contributed by atoms with van der Waals surface area (Å²) in [4.78, 5) is 8.27. The molecule has 1 saturated heterocycles. The molecule has 2 rings (SSSR count). The Bertz CT molecular complexity index is 381. The molecule has 1 aliphatic heterocycles. The molecular formula is C14H25N3OS. The van der Waals surface area contributed by atoms with Crippen molar-refractivity contribution in [3.8, 4) is 0 Å². The van der Waals surface area contributed by atoms with E-state index < -0.39 is 0 Å². The third-order valence-corrected chi connectivity index (χ3v) is 4.41. The SMILES string of the molecule is COCC1CCN(c2ncc(CNCC(C)C)s2)C1. The molecule has 1 aliphatic rings. The van der Waals surface area contributed by atoms with Crippen molar-refractivity contribution in [1.82, 2.24) is 10.3 Å². The third kappa shape index (κ3) is 4.44. The van der Waals surface area contributed by atoms with Crippen molar-refractivity contribution in [3.63, 3.8) is 0 Å². The molecule has 1 fully saturated rings. The van der Waals surface area contributed by atoms with E-state index in [-0.39, 0.29) is 0 Å². The second kappa shape index (κ2) is 7.22. The summed E-state index contributed by atoms with van der Waals surface area (Å²) in [5.41, 5.74) is 0. The van der Waals surface area contributed by atoms with Crippen LogP contribution < -0.4 is 10.2 Å². The molecule has 0 aliphatic carbocycles. The summed E-state index contributed by atoms with van der Waals surface area (Å²) in [6.07, 6.45) is 3.23. The fourth-order valence-electron chi connectivity index (χ4n) is 2.39. The maximum Gasteiger partial charge on any atom is 0.185 e. The second-order valence-electron chi connectivity index (χ2n) is 5.69. The van der Waals surface area contributed by atoms with Gasteiger partial charge in [-0.1, -0.05) is 13.8 Å². The molecule has 0 radical (unpaired) electrons. The summed E-state index contributed by atoms with van der Waals surface area (Å²) in [6.45, 7) is 9.51. The molecule has 1 unspecified atom stereocenters. The first kappa shape index (κ1) is 14.8. The van der Waals surface area contributed by atoms with Gasteiger partial charge in [-0.3, -0.25) is 0 Å². The van der Waals surface area contributed by atoms with Crippen LogP contribution in [0.3, 0.4) is 0 Å². The summed E-state index contributed by atoms with van der Waals surface area (Å²) in [7, 11) is 1.78. The molecule has 1 aromatic heterocycles. The van der Waals surface area contributed by atoms with E-state index in [1.807, 2.05) is 17.5 Å². The number of hydrogen-bond donors (Lipinski definition) is 1. The molecule has 0 saturated carbocycles. The number of aromatic nitrogens is 1. The van der Waals surface area contributed by atoms with Crippen LogP contribution in [0, 0.1) is 11.8 Å². The molecule has 2 heterocycles. The third-order valence-electron chi connectivity index (χ3n) is 3.35. The monoisotopic (exact) mass is 283 g/mol. The smallest absolute Gasteiger partial charge is 0.185 e. The Labute approximate surface area is 120 Å². The van der Waals surface area contributed by atoms with Crippen molar-refractivity contribution in [2.24, 2.45) is 11.8 Å². The first-order valence-corrected chi connectivity index (χ1v) is 7.90. The zero-order valence-corrected chi connectivity index (χ0v) is 13.0. The maximum atomic E-state index is 5.24. The van der Waals surface area contributed by atoms with Gasteiger partial charge < -0.3 is 15.0 Å². The number of hydrogen-bond acceptors (Lipinski definition) is 5. The number of thiazole rings is 1. The number of nitrogens with one attached hydrogen (secondary N) is 1. The van der Waals surface area contributed by atoms with Gasteiger partial charge in [0.15, 0.2) is 5.13 Å². The lowest BCUT2D eigenvalue weighted by Gasteiger charge is -2.14. The number of rotatable bonds is 7. The van der Waals surface area contributed by atoms with Crippen molar-refractivity contribution in [3.05, 3.63) is 11.1 Å². The average Bonchev–Trinajstić information content (AvgIpc) is 2.98. The highest BCUT2D eigenvalue weighted by Gasteiger charge is 2.24. The zero-order valence-electron chi connectivity index (χ0n) is 12.2. The molecule has 1 atom stereocenters. The highest BCUT2D eigenvalue weighted by molar-refractivity contribution is 7.15. The molecule has 0 bridgehead atoms. The van der Waals surface area contributed by atoms with Crippen LogP contribution in [0.2, 0.25) is 0 Å². The number of anilines is 1. The van der Waals surface area contributed by atoms with E-state index in [4.69, 9.17) is 4.74 Å². The molecular weight excluding hydrogens is 258 g/mol. The fraction of sp³-hybridized carbons (Fsp3) is 0.786. The predicted octanol–water partition coefficient (Wildman–Crippen LogP) is 2.36. The highest BCUT2D eigenvalue weighted by atomic mass is 32.1. The van der Waals surface area contributed by atoms with E-state index in [9.17, 15) is 0 Å². The van der Waals surface area contributed by atoms with Crippen molar-refractivity contribution in [2.45, 2.75) is 26.8 Å². The van der Waals surface area contributed by atoms with E-state index in [1.165, 1.54) is 16.4 Å². The van der Waals surface area contributed by atoms with Crippen LogP contribution in [0.15, 0.2) is 6.20 Å². The minimum atomic E-state index is 0.663. The normalized spacial score (nSPS) is 19.6. The van der Waals surface area contributed by atoms with Crippen molar-refractivity contribution < 1.29 is 4.74 Å². The zero-order chi connectivity index (χ0) is 13.7. The van der Waals surface area contributed by atoms with Gasteiger partial charge in [-0.15, -0.1) is 11.3 Å². The van der Waals surface area contributed by atoms with E-state index >= 15 is 0 Å². The van der Waals surface area contributed by atoms with Crippen molar-refractivity contribution >= 4 is 16.5 Å². The quantitative estimate of drug-likeness (QED) is 0.833. The highest BCUT2D eigenvalue weighted by Crippen LogP contribution is 2.28. The number of ether oxygens (including phenoxy) is 1. The molecule has 0 amide bonds. The van der Waals surface area contributed by atoms with Crippen LogP contribution in [0.1, 0.15) is 25.1 Å². The van der Waals surface area contributed by atoms with Gasteiger partial charge in [-0.05, 0) is 18.9 Å². The Morgan fingerprint density at radius 3 is 3.16 bits per heavy atom. The summed E-state index contributed by atoms with van der Waals surface area (Å²) in [6, 6.07) is 0. The molecule has 5 heteroatoms. The summed E-state index contributed by atoms with van der Waals surface area (Å²) in [5.74, 6) is 1.36. The summed E-state index contributed by atoms with van der Waals surface area (Å²) >= 11 is 1.81. The Balaban J connectivity index is 1.80. The molecule has 108 valence electrons. The molecule has 4 nitrogen and oxygen atoms in total. The predicted molar refractivity (Wildman–Crippen MR) is 80.9 cm³/mol. The lowest BCUT2D eigenvalue weighted by atomic mass is 10.1. The molecule has 19 heavy (non-hydrogen) atoms. The minimum absolute atomic E-state index is 0.663. The number of nitrogens with zero attached hydrogens (tertiary/aromatic N) is 2. The topological polar surface area (TPSA) is 37.4 Å². The van der Waals surface area contributed by atoms with E-state index in [0.717, 1.165) is 32.8 Å². The molecule has 1 N–H and O–H groups in total. The minimum Gasteiger partial charge on any atom is -0.384 e. The van der Waals surface area contributed by atoms with Gasteiger partial charge in [0, 0.05) is 43.7 Å². The lowest BCUT2D eigenvalue weighted by molar-refractivity contribution is 0.161.